The van der Waals surface area contributed by atoms with E-state index >= 15 is 0 Å². The molecule has 0 saturated carbocycles. The lowest BCUT2D eigenvalue weighted by molar-refractivity contribution is 0.0631. The fourth-order valence-electron chi connectivity index (χ4n) is 3.36. The van der Waals surface area contributed by atoms with Crippen LogP contribution in [0.2, 0.25) is 0 Å². The smallest absolute Gasteiger partial charge is 0.283 e. The molecular weight excluding hydrogens is 504 g/mol. The van der Waals surface area contributed by atoms with Gasteiger partial charge in [0.05, 0.1) is 13.3 Å². The molecule has 0 aromatic carbocycles. The number of aromatic nitrogens is 3. The summed E-state index contributed by atoms with van der Waals surface area (Å²) in [7, 11) is 3.59. The topological polar surface area (TPSA) is 172 Å². The first kappa shape index (κ1) is 27.3. The molecule has 3 rings (SSSR count). The van der Waals surface area contributed by atoms with Crippen molar-refractivity contribution >= 4 is 17.7 Å². The van der Waals surface area contributed by atoms with Crippen LogP contribution in [0.15, 0.2) is 69.0 Å². The highest BCUT2D eigenvalue weighted by Gasteiger charge is 2.23. The Morgan fingerprint density at radius 1 is 0.632 bits per heavy atom. The van der Waals surface area contributed by atoms with Crippen LogP contribution in [-0.2, 0) is 0 Å². The number of carbonyl (C=O) groups excluding carboxylic acids is 3. The molecule has 3 aromatic heterocycles. The van der Waals surface area contributed by atoms with Gasteiger partial charge in [0.2, 0.25) is 0 Å². The van der Waals surface area contributed by atoms with Gasteiger partial charge in [0.15, 0.2) is 0 Å². The second-order valence-electron chi connectivity index (χ2n) is 7.35. The third kappa shape index (κ3) is 5.72. The summed E-state index contributed by atoms with van der Waals surface area (Å²) in [5.41, 5.74) is -2.34. The number of pyridine rings is 3. The number of hydrogen-bond donors (Lipinski definition) is 2. The number of nitrogens with zero attached hydrogens (tertiary/aromatic N) is 4. The second kappa shape index (κ2) is 12.1. The maximum atomic E-state index is 13.4. The third-order valence-electron chi connectivity index (χ3n) is 5.12. The van der Waals surface area contributed by atoms with Gasteiger partial charge in [-0.15, -0.1) is 14.2 Å². The first-order chi connectivity index (χ1) is 18.2. The summed E-state index contributed by atoms with van der Waals surface area (Å²) in [6, 6.07) is 11.6. The molecular formula is C23H24N6O9. The van der Waals surface area contributed by atoms with Crippen molar-refractivity contribution in [3.8, 4) is 0 Å². The first-order valence-electron chi connectivity index (χ1n) is 10.9. The molecule has 38 heavy (non-hydrogen) atoms. The van der Waals surface area contributed by atoms with Crippen molar-refractivity contribution in [2.45, 2.75) is 0 Å². The summed E-state index contributed by atoms with van der Waals surface area (Å²) in [6.45, 7) is -0.965. The average Bonchev–Trinajstić information content (AvgIpc) is 2.91. The van der Waals surface area contributed by atoms with E-state index in [0.717, 1.165) is 19.1 Å². The van der Waals surface area contributed by atoms with Crippen molar-refractivity contribution in [1.29, 1.82) is 0 Å². The molecule has 0 aliphatic rings. The van der Waals surface area contributed by atoms with Crippen molar-refractivity contribution in [2.24, 2.45) is 0 Å². The van der Waals surface area contributed by atoms with Crippen molar-refractivity contribution < 1.29 is 28.9 Å². The zero-order valence-corrected chi connectivity index (χ0v) is 20.6. The fraction of sp³-hybridized carbons (Fsp3) is 0.217. The van der Waals surface area contributed by atoms with E-state index in [1.165, 1.54) is 75.9 Å². The number of rotatable bonds is 10. The van der Waals surface area contributed by atoms with Crippen LogP contribution >= 0.6 is 0 Å². The van der Waals surface area contributed by atoms with E-state index in [9.17, 15) is 28.8 Å². The molecule has 3 heterocycles. The molecule has 3 aromatic rings. The van der Waals surface area contributed by atoms with E-state index < -0.39 is 47.7 Å². The van der Waals surface area contributed by atoms with Crippen molar-refractivity contribution in [2.75, 3.05) is 34.7 Å². The van der Waals surface area contributed by atoms with Gasteiger partial charge in [-0.25, -0.2) is 0 Å². The predicted molar refractivity (Wildman–Crippen MR) is 130 cm³/mol. The van der Waals surface area contributed by atoms with Gasteiger partial charge in [-0.3, -0.25) is 28.8 Å². The number of nitrogens with one attached hydrogen (secondary N) is 2. The lowest BCUT2D eigenvalue weighted by Crippen LogP contribution is -2.49. The molecule has 0 unspecified atom stereocenters. The molecule has 0 radical (unpaired) electrons. The molecule has 0 spiro atoms. The number of amides is 3. The minimum absolute atomic E-state index is 0.154. The minimum atomic E-state index is -0.806. The SMILES string of the molecule is COn1c(C(=O)NCN(CNC(=O)c2cccc(=O)n2OC)C(=O)c2cccc(=O)n2OC)cccc1=O. The maximum absolute atomic E-state index is 13.4. The lowest BCUT2D eigenvalue weighted by atomic mass is 10.3. The van der Waals surface area contributed by atoms with Crippen molar-refractivity contribution in [1.82, 2.24) is 29.7 Å². The minimum Gasteiger partial charge on any atom is -0.413 e. The van der Waals surface area contributed by atoms with E-state index in [-0.39, 0.29) is 17.1 Å². The Balaban J connectivity index is 1.89. The Hall–Kier alpha value is -5.34. The highest BCUT2D eigenvalue weighted by atomic mass is 16.7. The van der Waals surface area contributed by atoms with Crippen molar-refractivity contribution in [3.05, 3.63) is 103 Å². The average molecular weight is 528 g/mol. The molecule has 0 bridgehead atoms. The molecule has 0 saturated heterocycles. The van der Waals surface area contributed by atoms with Gasteiger partial charge in [-0.1, -0.05) is 18.2 Å². The predicted octanol–water partition coefficient (Wildman–Crippen LogP) is -2.44. The zero-order valence-electron chi connectivity index (χ0n) is 20.6. The molecule has 3 amide bonds. The summed E-state index contributed by atoms with van der Waals surface area (Å²) in [4.78, 5) is 90.8. The van der Waals surface area contributed by atoms with E-state index in [1.54, 1.807) is 0 Å². The quantitative estimate of drug-likeness (QED) is 0.271. The van der Waals surface area contributed by atoms with Gasteiger partial charge >= 0.3 is 0 Å². The van der Waals surface area contributed by atoms with Gasteiger partial charge in [-0.2, -0.15) is 0 Å². The van der Waals surface area contributed by atoms with Crippen LogP contribution in [0.4, 0.5) is 0 Å². The van der Waals surface area contributed by atoms with Gasteiger partial charge in [0.25, 0.3) is 34.4 Å². The Bertz CT molecular complexity index is 1450. The molecule has 200 valence electrons. The standard InChI is InChI=1S/C23H24N6O9/c1-36-27-15(7-4-10-18(27)30)21(33)24-13-26(23(35)17-9-6-12-20(32)29(17)38-3)14-25-22(34)16-8-5-11-19(31)28(16)37-2/h4-12H,13-14H2,1-3H3,(H,24,33)(H,25,34). The summed E-state index contributed by atoms with van der Waals surface area (Å²) in [5.74, 6) is -2.36. The number of hydrogen-bond acceptors (Lipinski definition) is 9. The summed E-state index contributed by atoms with van der Waals surface area (Å²) in [6.07, 6.45) is 0. The highest BCUT2D eigenvalue weighted by molar-refractivity contribution is 5.95. The van der Waals surface area contributed by atoms with Crippen LogP contribution in [0.5, 0.6) is 0 Å². The highest BCUT2D eigenvalue weighted by Crippen LogP contribution is 2.03. The Kier molecular flexibility index (Phi) is 8.65. The van der Waals surface area contributed by atoms with Crippen LogP contribution in [-0.4, -0.2) is 71.5 Å². The van der Waals surface area contributed by atoms with Crippen LogP contribution < -0.4 is 41.8 Å². The van der Waals surface area contributed by atoms with Gasteiger partial charge in [-0.05, 0) is 18.2 Å². The molecule has 0 aliphatic heterocycles. The lowest BCUT2D eigenvalue weighted by Gasteiger charge is -2.24. The van der Waals surface area contributed by atoms with E-state index in [0.29, 0.717) is 0 Å². The maximum Gasteiger partial charge on any atom is 0.283 e. The van der Waals surface area contributed by atoms with Crippen LogP contribution in [0, 0.1) is 0 Å². The molecule has 15 heteroatoms. The normalized spacial score (nSPS) is 10.3. The van der Waals surface area contributed by atoms with Gasteiger partial charge in [0, 0.05) is 18.2 Å². The van der Waals surface area contributed by atoms with Crippen LogP contribution in [0.1, 0.15) is 31.5 Å². The van der Waals surface area contributed by atoms with E-state index in [4.69, 9.17) is 14.5 Å². The third-order valence-corrected chi connectivity index (χ3v) is 5.12. The van der Waals surface area contributed by atoms with Crippen molar-refractivity contribution in [3.63, 3.8) is 0 Å². The summed E-state index contributed by atoms with van der Waals surface area (Å²) < 4.78 is 2.24. The monoisotopic (exact) mass is 528 g/mol. The largest absolute Gasteiger partial charge is 0.413 e. The second-order valence-corrected chi connectivity index (χ2v) is 7.35. The van der Waals surface area contributed by atoms with E-state index in [1.807, 2.05) is 0 Å². The van der Waals surface area contributed by atoms with Crippen LogP contribution in [0.3, 0.4) is 0 Å². The molecule has 0 atom stereocenters. The number of carbonyl (C=O) groups is 3. The summed E-state index contributed by atoms with van der Waals surface area (Å²) in [5, 5.41) is 4.93. The van der Waals surface area contributed by atoms with Gasteiger partial charge < -0.3 is 30.0 Å². The Morgan fingerprint density at radius 2 is 0.974 bits per heavy atom. The zero-order chi connectivity index (χ0) is 27.8. The molecule has 2 N–H and O–H groups in total. The van der Waals surface area contributed by atoms with Gasteiger partial charge in [0.1, 0.15) is 38.4 Å². The molecule has 15 nitrogen and oxygen atoms in total. The Morgan fingerprint density at radius 3 is 1.34 bits per heavy atom. The first-order valence-corrected chi connectivity index (χ1v) is 10.9. The summed E-state index contributed by atoms with van der Waals surface area (Å²) >= 11 is 0. The van der Waals surface area contributed by atoms with E-state index in [2.05, 4.69) is 10.6 Å². The Labute approximate surface area is 214 Å². The molecule has 0 fully saturated rings. The van der Waals surface area contributed by atoms with Crippen LogP contribution in [0.25, 0.3) is 0 Å². The fourth-order valence-corrected chi connectivity index (χ4v) is 3.36. The molecule has 0 aliphatic carbocycles.